The van der Waals surface area contributed by atoms with Crippen molar-refractivity contribution in [3.8, 4) is 0 Å². The first-order valence-corrected chi connectivity index (χ1v) is 9.12. The van der Waals surface area contributed by atoms with Gasteiger partial charge in [0, 0.05) is 48.0 Å². The molecule has 6 heteroatoms. The number of carbonyl (C=O) groups is 1. The van der Waals surface area contributed by atoms with E-state index in [-0.39, 0.29) is 11.3 Å². The smallest absolute Gasteiger partial charge is 0.267 e. The number of nitrogens with zero attached hydrogens (tertiary/aromatic N) is 1. The molecule has 0 spiro atoms. The minimum atomic E-state index is -0.240. The topological polar surface area (TPSA) is 43.3 Å². The van der Waals surface area contributed by atoms with Crippen LogP contribution in [0, 0.1) is 6.92 Å². The van der Waals surface area contributed by atoms with Gasteiger partial charge in [-0.3, -0.25) is 4.79 Å². The van der Waals surface area contributed by atoms with Crippen LogP contribution < -0.4 is 5.32 Å². The minimum absolute atomic E-state index is 0.0773. The van der Waals surface area contributed by atoms with Crippen LogP contribution in [0.25, 0.3) is 0 Å². The Morgan fingerprint density at radius 2 is 1.96 bits per heavy atom. The van der Waals surface area contributed by atoms with Crippen molar-refractivity contribution in [1.29, 1.82) is 0 Å². The molecule has 0 atom stereocenters. The Balaban J connectivity index is 1.84. The van der Waals surface area contributed by atoms with E-state index in [9.17, 15) is 4.79 Å². The monoisotopic (exact) mass is 380 g/mol. The highest BCUT2D eigenvalue weighted by Gasteiger charge is 2.36. The fourth-order valence-corrected chi connectivity index (χ4v) is 4.01. The fraction of sp³-hybridized carbons (Fsp3) is 0.421. The lowest BCUT2D eigenvalue weighted by atomic mass is 9.74. The van der Waals surface area contributed by atoms with Gasteiger partial charge in [-0.15, -0.1) is 0 Å². The molecule has 0 unspecified atom stereocenters. The lowest BCUT2D eigenvalue weighted by Gasteiger charge is -2.38. The van der Waals surface area contributed by atoms with Gasteiger partial charge in [-0.25, -0.2) is 0 Å². The third-order valence-corrected chi connectivity index (χ3v) is 5.69. The number of hydrogen-bond acceptors (Lipinski definition) is 2. The molecule has 1 aliphatic heterocycles. The first-order chi connectivity index (χ1) is 11.9. The number of nitrogens with one attached hydrogen (secondary N) is 1. The number of ether oxygens (including phenoxy) is 1. The molecule has 25 heavy (non-hydrogen) atoms. The van der Waals surface area contributed by atoms with Gasteiger partial charge in [0.1, 0.15) is 5.69 Å². The van der Waals surface area contributed by atoms with Crippen molar-refractivity contribution >= 4 is 29.1 Å². The molecule has 0 saturated carbocycles. The van der Waals surface area contributed by atoms with Crippen LogP contribution in [0.2, 0.25) is 10.0 Å². The average molecular weight is 381 g/mol. The van der Waals surface area contributed by atoms with Crippen LogP contribution in [0.15, 0.2) is 30.3 Å². The Bertz CT molecular complexity index is 780. The van der Waals surface area contributed by atoms with Gasteiger partial charge in [0.05, 0.1) is 0 Å². The largest absolute Gasteiger partial charge is 0.381 e. The van der Waals surface area contributed by atoms with E-state index < -0.39 is 0 Å². The van der Waals surface area contributed by atoms with Crippen LogP contribution in [0.1, 0.15) is 34.6 Å². The van der Waals surface area contributed by atoms with Gasteiger partial charge in [-0.1, -0.05) is 29.3 Å². The zero-order valence-corrected chi connectivity index (χ0v) is 16.0. The molecule has 2 aromatic rings. The maximum Gasteiger partial charge on any atom is 0.267 e. The highest BCUT2D eigenvalue weighted by atomic mass is 35.5. The van der Waals surface area contributed by atoms with E-state index in [2.05, 4.69) is 5.32 Å². The molecule has 1 N–H and O–H groups in total. The van der Waals surface area contributed by atoms with E-state index in [0.29, 0.717) is 35.5 Å². The Morgan fingerprint density at radius 3 is 2.56 bits per heavy atom. The van der Waals surface area contributed by atoms with Crippen LogP contribution in [-0.2, 0) is 17.2 Å². The summed E-state index contributed by atoms with van der Waals surface area (Å²) < 4.78 is 7.43. The van der Waals surface area contributed by atoms with Gasteiger partial charge in [-0.2, -0.15) is 0 Å². The highest BCUT2D eigenvalue weighted by Crippen LogP contribution is 2.39. The number of aryl methyl sites for hydroxylation is 1. The summed E-state index contributed by atoms with van der Waals surface area (Å²) in [7, 11) is 1.89. The molecule has 0 bridgehead atoms. The Hall–Kier alpha value is -1.49. The van der Waals surface area contributed by atoms with E-state index in [4.69, 9.17) is 27.9 Å². The van der Waals surface area contributed by atoms with Crippen molar-refractivity contribution in [2.45, 2.75) is 25.2 Å². The summed E-state index contributed by atoms with van der Waals surface area (Å²) in [6.07, 6.45) is 1.61. The highest BCUT2D eigenvalue weighted by molar-refractivity contribution is 6.35. The third kappa shape index (κ3) is 3.71. The van der Waals surface area contributed by atoms with E-state index in [1.165, 1.54) is 0 Å². The number of benzene rings is 1. The minimum Gasteiger partial charge on any atom is -0.381 e. The summed E-state index contributed by atoms with van der Waals surface area (Å²) in [6, 6.07) is 9.36. The van der Waals surface area contributed by atoms with Crippen LogP contribution >= 0.6 is 23.2 Å². The molecule has 0 aliphatic carbocycles. The second-order valence-electron chi connectivity index (χ2n) is 6.62. The zero-order valence-electron chi connectivity index (χ0n) is 14.4. The predicted octanol–water partition coefficient (Wildman–Crippen LogP) is 4.12. The molecule has 0 radical (unpaired) electrons. The Morgan fingerprint density at radius 1 is 1.24 bits per heavy atom. The van der Waals surface area contributed by atoms with Gasteiger partial charge >= 0.3 is 0 Å². The number of hydrogen-bond donors (Lipinski definition) is 1. The third-order valence-electron chi connectivity index (χ3n) is 5.15. The van der Waals surface area contributed by atoms with Gasteiger partial charge in [0.2, 0.25) is 0 Å². The fourth-order valence-electron chi connectivity index (χ4n) is 3.40. The lowest BCUT2D eigenvalue weighted by Crippen LogP contribution is -2.45. The van der Waals surface area contributed by atoms with Crippen LogP contribution in [-0.4, -0.2) is 30.2 Å². The molecule has 1 saturated heterocycles. The number of amides is 1. The zero-order chi connectivity index (χ0) is 18.0. The van der Waals surface area contributed by atoms with Crippen LogP contribution in [0.3, 0.4) is 0 Å². The second kappa shape index (κ2) is 7.40. The summed E-state index contributed by atoms with van der Waals surface area (Å²) >= 11 is 12.5. The molecule has 3 rings (SSSR count). The van der Waals surface area contributed by atoms with Crippen molar-refractivity contribution in [3.05, 3.63) is 57.3 Å². The van der Waals surface area contributed by atoms with Crippen molar-refractivity contribution in [2.24, 2.45) is 7.05 Å². The number of rotatable bonds is 4. The van der Waals surface area contributed by atoms with E-state index in [0.717, 1.165) is 24.1 Å². The normalized spacial score (nSPS) is 16.6. The number of aromatic nitrogens is 1. The van der Waals surface area contributed by atoms with Gasteiger partial charge in [-0.05, 0) is 49.6 Å². The number of carbonyl (C=O) groups excluding carboxylic acids is 1. The van der Waals surface area contributed by atoms with Gasteiger partial charge in [0.25, 0.3) is 5.91 Å². The SMILES string of the molecule is Cc1ccc(C(=O)NCC2(c3ccc(Cl)cc3Cl)CCOCC2)n1C. The molecule has 1 aromatic heterocycles. The second-order valence-corrected chi connectivity index (χ2v) is 7.46. The molecule has 1 aromatic carbocycles. The van der Waals surface area contributed by atoms with Gasteiger partial charge in [0.15, 0.2) is 0 Å². The molecular formula is C19H22Cl2N2O2. The number of halogens is 2. The van der Waals surface area contributed by atoms with E-state index >= 15 is 0 Å². The van der Waals surface area contributed by atoms with E-state index in [1.807, 2.05) is 42.8 Å². The summed E-state index contributed by atoms with van der Waals surface area (Å²) in [6.45, 7) is 3.79. The summed E-state index contributed by atoms with van der Waals surface area (Å²) in [5.41, 5.74) is 2.48. The molecular weight excluding hydrogens is 359 g/mol. The summed E-state index contributed by atoms with van der Waals surface area (Å²) in [4.78, 5) is 12.6. The molecule has 1 amide bonds. The van der Waals surface area contributed by atoms with Crippen molar-refractivity contribution in [2.75, 3.05) is 19.8 Å². The van der Waals surface area contributed by atoms with Crippen molar-refractivity contribution in [1.82, 2.24) is 9.88 Å². The first-order valence-electron chi connectivity index (χ1n) is 8.37. The van der Waals surface area contributed by atoms with Crippen molar-refractivity contribution < 1.29 is 9.53 Å². The summed E-state index contributed by atoms with van der Waals surface area (Å²) in [5.74, 6) is -0.0773. The molecule has 1 fully saturated rings. The molecule has 4 nitrogen and oxygen atoms in total. The molecule has 2 heterocycles. The van der Waals surface area contributed by atoms with Crippen LogP contribution in [0.5, 0.6) is 0 Å². The van der Waals surface area contributed by atoms with Crippen LogP contribution in [0.4, 0.5) is 0 Å². The average Bonchev–Trinajstić information content (AvgIpc) is 2.93. The predicted molar refractivity (Wildman–Crippen MR) is 101 cm³/mol. The summed E-state index contributed by atoms with van der Waals surface area (Å²) in [5, 5.41) is 4.34. The van der Waals surface area contributed by atoms with Crippen molar-refractivity contribution in [3.63, 3.8) is 0 Å². The Labute approximate surface area is 158 Å². The maximum atomic E-state index is 12.6. The maximum absolute atomic E-state index is 12.6. The quantitative estimate of drug-likeness (QED) is 0.866. The van der Waals surface area contributed by atoms with Gasteiger partial charge < -0.3 is 14.6 Å². The Kier molecular flexibility index (Phi) is 5.42. The lowest BCUT2D eigenvalue weighted by molar-refractivity contribution is 0.0486. The van der Waals surface area contributed by atoms with E-state index in [1.54, 1.807) is 6.07 Å². The molecule has 1 aliphatic rings. The first kappa shape index (κ1) is 18.3. The standard InChI is InChI=1S/C19H22Cl2N2O2/c1-13-3-6-17(23(13)2)18(24)22-12-19(7-9-25-10-8-19)15-5-4-14(20)11-16(15)21/h3-6,11H,7-10,12H2,1-2H3,(H,22,24). The molecule has 134 valence electrons.